The lowest BCUT2D eigenvalue weighted by Gasteiger charge is -2.07. The van der Waals surface area contributed by atoms with Crippen LogP contribution in [0.5, 0.6) is 0 Å². The molecule has 0 bridgehead atoms. The summed E-state index contributed by atoms with van der Waals surface area (Å²) in [4.78, 5) is 22.2. The van der Waals surface area contributed by atoms with Gasteiger partial charge in [0.25, 0.3) is 5.69 Å². The molecule has 3 aromatic rings. The van der Waals surface area contributed by atoms with E-state index in [1.165, 1.54) is 12.1 Å². The molecule has 0 fully saturated rings. The number of rotatable bonds is 5. The number of hydrogen-bond acceptors (Lipinski definition) is 4. The standard InChI is InChI=1S/C19H15NO4/c21-19(24-13-14-8-10-17(11-9-14)20(22)23)12-16-6-3-5-15-4-1-2-7-18(15)16/h1-11H,12-13H2. The summed E-state index contributed by atoms with van der Waals surface area (Å²) in [6.07, 6.45) is 0.189. The number of non-ortho nitro benzene ring substituents is 1. The predicted octanol–water partition coefficient (Wildman–Crippen LogP) is 4.03. The fourth-order valence-electron chi connectivity index (χ4n) is 2.53. The minimum absolute atomic E-state index is 0.0147. The molecule has 0 aliphatic heterocycles. The van der Waals surface area contributed by atoms with Crippen LogP contribution in [0.2, 0.25) is 0 Å². The lowest BCUT2D eigenvalue weighted by Crippen LogP contribution is -2.08. The van der Waals surface area contributed by atoms with Crippen molar-refractivity contribution in [3.63, 3.8) is 0 Å². The Morgan fingerprint density at radius 3 is 2.42 bits per heavy atom. The molecule has 24 heavy (non-hydrogen) atoms. The molecule has 0 saturated carbocycles. The number of carbonyl (C=O) groups excluding carboxylic acids is 1. The fraction of sp³-hybridized carbons (Fsp3) is 0.105. The van der Waals surface area contributed by atoms with Crippen LogP contribution in [0, 0.1) is 10.1 Å². The van der Waals surface area contributed by atoms with Crippen LogP contribution in [0.25, 0.3) is 10.8 Å². The first-order valence-electron chi connectivity index (χ1n) is 7.49. The van der Waals surface area contributed by atoms with Gasteiger partial charge in [-0.25, -0.2) is 0 Å². The van der Waals surface area contributed by atoms with Gasteiger partial charge in [-0.05, 0) is 34.0 Å². The van der Waals surface area contributed by atoms with Gasteiger partial charge in [0.1, 0.15) is 6.61 Å². The lowest BCUT2D eigenvalue weighted by atomic mass is 10.0. The molecule has 0 saturated heterocycles. The molecule has 0 aliphatic rings. The topological polar surface area (TPSA) is 69.4 Å². The molecule has 0 N–H and O–H groups in total. The van der Waals surface area contributed by atoms with Crippen molar-refractivity contribution in [3.8, 4) is 0 Å². The minimum atomic E-state index is -0.462. The van der Waals surface area contributed by atoms with E-state index in [1.54, 1.807) is 12.1 Å². The summed E-state index contributed by atoms with van der Waals surface area (Å²) >= 11 is 0. The summed E-state index contributed by atoms with van der Waals surface area (Å²) in [7, 11) is 0. The smallest absolute Gasteiger partial charge is 0.310 e. The third-order valence-corrected chi connectivity index (χ3v) is 3.76. The summed E-state index contributed by atoms with van der Waals surface area (Å²) in [5.74, 6) is -0.329. The van der Waals surface area contributed by atoms with Gasteiger partial charge < -0.3 is 4.74 Å². The van der Waals surface area contributed by atoms with E-state index in [2.05, 4.69) is 0 Å². The van der Waals surface area contributed by atoms with E-state index in [1.807, 2.05) is 42.5 Å². The van der Waals surface area contributed by atoms with E-state index in [0.29, 0.717) is 5.56 Å². The maximum atomic E-state index is 12.1. The van der Waals surface area contributed by atoms with Gasteiger partial charge in [-0.3, -0.25) is 14.9 Å². The average molecular weight is 321 g/mol. The van der Waals surface area contributed by atoms with Gasteiger partial charge in [-0.1, -0.05) is 42.5 Å². The summed E-state index contributed by atoms with van der Waals surface area (Å²) < 4.78 is 5.27. The Balaban J connectivity index is 1.64. The molecule has 0 heterocycles. The van der Waals surface area contributed by atoms with Gasteiger partial charge in [0.2, 0.25) is 0 Å². The highest BCUT2D eigenvalue weighted by Gasteiger charge is 2.09. The SMILES string of the molecule is O=C(Cc1cccc2ccccc12)OCc1ccc([N+](=O)[O-])cc1. The highest BCUT2D eigenvalue weighted by Crippen LogP contribution is 2.19. The van der Waals surface area contributed by atoms with Crippen molar-refractivity contribution in [3.05, 3.63) is 88.0 Å². The number of fused-ring (bicyclic) bond motifs is 1. The molecule has 0 aromatic heterocycles. The third-order valence-electron chi connectivity index (χ3n) is 3.76. The van der Waals surface area contributed by atoms with Crippen LogP contribution in [0.1, 0.15) is 11.1 Å². The van der Waals surface area contributed by atoms with Crippen molar-refractivity contribution >= 4 is 22.4 Å². The molecular formula is C19H15NO4. The number of nitro benzene ring substituents is 1. The summed E-state index contributed by atoms with van der Waals surface area (Å²) in [5, 5.41) is 12.7. The Hall–Kier alpha value is -3.21. The van der Waals surface area contributed by atoms with E-state index in [0.717, 1.165) is 16.3 Å². The monoisotopic (exact) mass is 321 g/mol. The summed E-state index contributed by atoms with van der Waals surface area (Å²) in [6.45, 7) is 0.0988. The van der Waals surface area contributed by atoms with E-state index >= 15 is 0 Å². The zero-order valence-electron chi connectivity index (χ0n) is 12.8. The van der Waals surface area contributed by atoms with Crippen LogP contribution in [0.15, 0.2) is 66.7 Å². The number of nitrogens with zero attached hydrogens (tertiary/aromatic N) is 1. The maximum absolute atomic E-state index is 12.1. The van der Waals surface area contributed by atoms with Crippen molar-refractivity contribution in [1.29, 1.82) is 0 Å². The highest BCUT2D eigenvalue weighted by molar-refractivity contribution is 5.88. The Morgan fingerprint density at radius 2 is 1.67 bits per heavy atom. The van der Waals surface area contributed by atoms with E-state index in [4.69, 9.17) is 4.74 Å². The number of hydrogen-bond donors (Lipinski definition) is 0. The van der Waals surface area contributed by atoms with Crippen LogP contribution < -0.4 is 0 Å². The second-order valence-electron chi connectivity index (χ2n) is 5.40. The number of esters is 1. The molecular weight excluding hydrogens is 306 g/mol. The van der Waals surface area contributed by atoms with Crippen LogP contribution in [0.4, 0.5) is 5.69 Å². The van der Waals surface area contributed by atoms with E-state index in [9.17, 15) is 14.9 Å². The number of nitro groups is 1. The van der Waals surface area contributed by atoms with Gasteiger partial charge in [-0.2, -0.15) is 0 Å². The van der Waals surface area contributed by atoms with Crippen LogP contribution in [-0.4, -0.2) is 10.9 Å². The molecule has 120 valence electrons. The maximum Gasteiger partial charge on any atom is 0.310 e. The lowest BCUT2D eigenvalue weighted by molar-refractivity contribution is -0.384. The molecule has 0 amide bonds. The van der Waals surface area contributed by atoms with E-state index < -0.39 is 4.92 Å². The average Bonchev–Trinajstić information content (AvgIpc) is 2.61. The fourth-order valence-corrected chi connectivity index (χ4v) is 2.53. The second kappa shape index (κ2) is 6.91. The van der Waals surface area contributed by atoms with Crippen molar-refractivity contribution in [2.75, 3.05) is 0 Å². The van der Waals surface area contributed by atoms with Crippen molar-refractivity contribution in [2.45, 2.75) is 13.0 Å². The van der Waals surface area contributed by atoms with Crippen LogP contribution in [-0.2, 0) is 22.6 Å². The first kappa shape index (κ1) is 15.7. The zero-order valence-corrected chi connectivity index (χ0v) is 12.8. The third kappa shape index (κ3) is 3.57. The molecule has 0 atom stereocenters. The Morgan fingerprint density at radius 1 is 0.958 bits per heavy atom. The van der Waals surface area contributed by atoms with E-state index in [-0.39, 0.29) is 24.7 Å². The quantitative estimate of drug-likeness (QED) is 0.404. The van der Waals surface area contributed by atoms with Gasteiger partial charge in [0, 0.05) is 12.1 Å². The largest absolute Gasteiger partial charge is 0.461 e. The Bertz CT molecular complexity index is 882. The van der Waals surface area contributed by atoms with Crippen LogP contribution >= 0.6 is 0 Å². The Labute approximate surface area is 138 Å². The van der Waals surface area contributed by atoms with Crippen molar-refractivity contribution in [1.82, 2.24) is 0 Å². The van der Waals surface area contributed by atoms with Gasteiger partial charge in [0.05, 0.1) is 11.3 Å². The molecule has 0 unspecified atom stereocenters. The van der Waals surface area contributed by atoms with Gasteiger partial charge >= 0.3 is 5.97 Å². The normalized spacial score (nSPS) is 10.5. The predicted molar refractivity (Wildman–Crippen MR) is 90.5 cm³/mol. The van der Waals surface area contributed by atoms with Crippen LogP contribution in [0.3, 0.4) is 0 Å². The first-order chi connectivity index (χ1) is 11.6. The molecule has 0 radical (unpaired) electrons. The number of ether oxygens (including phenoxy) is 1. The van der Waals surface area contributed by atoms with Crippen molar-refractivity contribution in [2.24, 2.45) is 0 Å². The summed E-state index contributed by atoms with van der Waals surface area (Å²) in [6, 6.07) is 19.7. The molecule has 3 rings (SSSR count). The molecule has 0 aliphatic carbocycles. The number of benzene rings is 3. The second-order valence-corrected chi connectivity index (χ2v) is 5.40. The highest BCUT2D eigenvalue weighted by atomic mass is 16.6. The molecule has 0 spiro atoms. The molecule has 5 heteroatoms. The molecule has 3 aromatic carbocycles. The van der Waals surface area contributed by atoms with Gasteiger partial charge in [-0.15, -0.1) is 0 Å². The zero-order chi connectivity index (χ0) is 16.9. The van der Waals surface area contributed by atoms with Gasteiger partial charge in [0.15, 0.2) is 0 Å². The minimum Gasteiger partial charge on any atom is -0.461 e. The number of carbonyl (C=O) groups is 1. The Kier molecular flexibility index (Phi) is 4.52. The van der Waals surface area contributed by atoms with Crippen molar-refractivity contribution < 1.29 is 14.5 Å². The summed E-state index contributed by atoms with van der Waals surface area (Å²) in [5.41, 5.74) is 1.65. The first-order valence-corrected chi connectivity index (χ1v) is 7.49. The molecule has 5 nitrogen and oxygen atoms in total.